The maximum absolute atomic E-state index is 12.7. The third-order valence-electron chi connectivity index (χ3n) is 5.76. The van der Waals surface area contributed by atoms with Gasteiger partial charge in [-0.25, -0.2) is 0 Å². The molecule has 1 N–H and O–H groups in total. The number of nitrogens with one attached hydrogen (secondary N) is 1. The number of benzene rings is 3. The first-order chi connectivity index (χ1) is 15.8. The summed E-state index contributed by atoms with van der Waals surface area (Å²) < 4.78 is 13.6. The van der Waals surface area contributed by atoms with Crippen LogP contribution in [0.5, 0.6) is 11.5 Å². The lowest BCUT2D eigenvalue weighted by molar-refractivity contribution is 0.0953. The summed E-state index contributed by atoms with van der Waals surface area (Å²) in [5, 5.41) is 4.28. The molecule has 0 fully saturated rings. The van der Waals surface area contributed by atoms with Gasteiger partial charge in [0.2, 0.25) is 0 Å². The highest BCUT2D eigenvalue weighted by Crippen LogP contribution is 2.30. The Balaban J connectivity index is 1.27. The Kier molecular flexibility index (Phi) is 5.79. The number of aromatic nitrogens is 1. The Morgan fingerprint density at radius 3 is 2.56 bits per heavy atom. The van der Waals surface area contributed by atoms with Gasteiger partial charge in [-0.05, 0) is 41.8 Å². The Bertz CT molecular complexity index is 1230. The summed E-state index contributed by atoms with van der Waals surface area (Å²) in [6.45, 7) is 2.62. The molecule has 5 heteroatoms. The smallest absolute Gasteiger partial charge is 0.251 e. The molecule has 5 rings (SSSR count). The predicted molar refractivity (Wildman–Crippen MR) is 126 cm³/mol. The van der Waals surface area contributed by atoms with E-state index in [1.807, 2.05) is 12.1 Å². The molecule has 32 heavy (non-hydrogen) atoms. The Morgan fingerprint density at radius 2 is 1.69 bits per heavy atom. The van der Waals surface area contributed by atoms with Gasteiger partial charge in [0.1, 0.15) is 0 Å². The molecule has 0 saturated carbocycles. The topological polar surface area (TPSA) is 52.5 Å². The van der Waals surface area contributed by atoms with E-state index in [0.29, 0.717) is 36.8 Å². The van der Waals surface area contributed by atoms with Crippen LogP contribution in [0.1, 0.15) is 27.9 Å². The van der Waals surface area contributed by atoms with E-state index in [0.717, 1.165) is 19.4 Å². The van der Waals surface area contributed by atoms with Crippen LogP contribution in [0.25, 0.3) is 10.9 Å². The van der Waals surface area contributed by atoms with Crippen molar-refractivity contribution in [3.05, 3.63) is 95.7 Å². The summed E-state index contributed by atoms with van der Waals surface area (Å²) in [5.74, 6) is 1.23. The number of nitrogens with zero attached hydrogens (tertiary/aromatic N) is 1. The molecule has 0 unspecified atom stereocenters. The quantitative estimate of drug-likeness (QED) is 0.481. The number of rotatable bonds is 6. The van der Waals surface area contributed by atoms with Crippen LogP contribution in [-0.2, 0) is 13.0 Å². The summed E-state index contributed by atoms with van der Waals surface area (Å²) in [6.07, 6.45) is 3.81. The lowest BCUT2D eigenvalue weighted by Crippen LogP contribution is -2.25. The molecule has 0 spiro atoms. The van der Waals surface area contributed by atoms with Gasteiger partial charge in [-0.15, -0.1) is 0 Å². The van der Waals surface area contributed by atoms with Crippen LogP contribution in [0.2, 0.25) is 0 Å². The van der Waals surface area contributed by atoms with Crippen molar-refractivity contribution in [1.82, 2.24) is 9.88 Å². The number of amides is 1. The van der Waals surface area contributed by atoms with Gasteiger partial charge in [-0.1, -0.05) is 48.5 Å². The average Bonchev–Trinajstić information content (AvgIpc) is 3.01. The summed E-state index contributed by atoms with van der Waals surface area (Å²) in [4.78, 5) is 12.7. The number of ether oxygens (including phenoxy) is 2. The van der Waals surface area contributed by atoms with E-state index in [1.54, 1.807) is 12.1 Å². The highest BCUT2D eigenvalue weighted by Gasteiger charge is 2.14. The second-order valence-corrected chi connectivity index (χ2v) is 8.00. The van der Waals surface area contributed by atoms with Crippen LogP contribution in [0.15, 0.2) is 79.0 Å². The predicted octanol–water partition coefficient (Wildman–Crippen LogP) is 4.82. The Morgan fingerprint density at radius 1 is 0.906 bits per heavy atom. The molecular weight excluding hydrogens is 400 g/mol. The van der Waals surface area contributed by atoms with Crippen LogP contribution in [0.3, 0.4) is 0 Å². The van der Waals surface area contributed by atoms with Gasteiger partial charge in [0, 0.05) is 42.2 Å². The number of fused-ring (bicyclic) bond motifs is 2. The molecular formula is C27H26N2O3. The van der Waals surface area contributed by atoms with E-state index in [2.05, 4.69) is 64.6 Å². The number of carbonyl (C=O) groups is 1. The zero-order valence-corrected chi connectivity index (χ0v) is 17.9. The number of para-hydroxylation sites is 1. The van der Waals surface area contributed by atoms with Crippen molar-refractivity contribution >= 4 is 16.8 Å². The van der Waals surface area contributed by atoms with E-state index in [9.17, 15) is 4.79 Å². The van der Waals surface area contributed by atoms with Gasteiger partial charge >= 0.3 is 0 Å². The van der Waals surface area contributed by atoms with Gasteiger partial charge in [-0.3, -0.25) is 4.79 Å². The first kappa shape index (κ1) is 20.2. The first-order valence-electron chi connectivity index (χ1n) is 11.1. The number of carbonyl (C=O) groups excluding carboxylic acids is 1. The van der Waals surface area contributed by atoms with E-state index < -0.39 is 0 Å². The van der Waals surface area contributed by atoms with Gasteiger partial charge in [0.25, 0.3) is 5.91 Å². The SMILES string of the molecule is O=C(NCCc1cn(Cc2ccccc2)c2ccccc12)c1ccc2c(c1)OCCCO2. The van der Waals surface area contributed by atoms with Gasteiger partial charge in [0.15, 0.2) is 11.5 Å². The second kappa shape index (κ2) is 9.18. The molecule has 0 saturated heterocycles. The van der Waals surface area contributed by atoms with E-state index in [1.165, 1.54) is 22.0 Å². The maximum atomic E-state index is 12.7. The van der Waals surface area contributed by atoms with Crippen LogP contribution in [-0.4, -0.2) is 30.2 Å². The molecule has 0 bridgehead atoms. The molecule has 1 aromatic heterocycles. The molecule has 1 aliphatic rings. The van der Waals surface area contributed by atoms with Crippen molar-refractivity contribution in [1.29, 1.82) is 0 Å². The maximum Gasteiger partial charge on any atom is 0.251 e. The molecule has 1 amide bonds. The lowest BCUT2D eigenvalue weighted by atomic mass is 10.1. The first-order valence-corrected chi connectivity index (χ1v) is 11.1. The fraction of sp³-hybridized carbons (Fsp3) is 0.222. The third kappa shape index (κ3) is 4.33. The fourth-order valence-electron chi connectivity index (χ4n) is 4.15. The molecule has 0 aliphatic carbocycles. The molecule has 3 aromatic carbocycles. The number of hydrogen-bond donors (Lipinski definition) is 1. The molecule has 1 aliphatic heterocycles. The monoisotopic (exact) mass is 426 g/mol. The van der Waals surface area contributed by atoms with Gasteiger partial charge in [0.05, 0.1) is 13.2 Å². The Hall–Kier alpha value is -3.73. The molecule has 2 heterocycles. The summed E-state index contributed by atoms with van der Waals surface area (Å²) >= 11 is 0. The summed E-state index contributed by atoms with van der Waals surface area (Å²) in [6, 6.07) is 24.3. The molecule has 4 aromatic rings. The molecule has 162 valence electrons. The van der Waals surface area contributed by atoms with Crippen LogP contribution in [0, 0.1) is 0 Å². The van der Waals surface area contributed by atoms with Crippen LogP contribution < -0.4 is 14.8 Å². The third-order valence-corrected chi connectivity index (χ3v) is 5.76. The summed E-state index contributed by atoms with van der Waals surface area (Å²) in [7, 11) is 0. The van der Waals surface area contributed by atoms with Gasteiger partial charge in [-0.2, -0.15) is 0 Å². The second-order valence-electron chi connectivity index (χ2n) is 8.00. The minimum absolute atomic E-state index is 0.103. The summed E-state index contributed by atoms with van der Waals surface area (Å²) in [5.41, 5.74) is 4.29. The molecule has 5 nitrogen and oxygen atoms in total. The van der Waals surface area contributed by atoms with Crippen molar-refractivity contribution in [2.45, 2.75) is 19.4 Å². The van der Waals surface area contributed by atoms with E-state index in [-0.39, 0.29) is 5.91 Å². The van der Waals surface area contributed by atoms with E-state index in [4.69, 9.17) is 9.47 Å². The standard InChI is InChI=1S/C27H26N2O3/c30-27(21-11-12-25-26(17-21)32-16-6-15-31-25)28-14-13-22-19-29(18-20-7-2-1-3-8-20)24-10-5-4-9-23(22)24/h1-5,7-12,17,19H,6,13-16,18H2,(H,28,30). The van der Waals surface area contributed by atoms with Crippen molar-refractivity contribution in [3.63, 3.8) is 0 Å². The average molecular weight is 427 g/mol. The van der Waals surface area contributed by atoms with Crippen LogP contribution >= 0.6 is 0 Å². The van der Waals surface area contributed by atoms with Crippen LogP contribution in [0.4, 0.5) is 0 Å². The largest absolute Gasteiger partial charge is 0.490 e. The highest BCUT2D eigenvalue weighted by molar-refractivity contribution is 5.95. The van der Waals surface area contributed by atoms with E-state index >= 15 is 0 Å². The highest BCUT2D eigenvalue weighted by atomic mass is 16.5. The lowest BCUT2D eigenvalue weighted by Gasteiger charge is -2.10. The minimum Gasteiger partial charge on any atom is -0.490 e. The zero-order valence-electron chi connectivity index (χ0n) is 17.9. The normalized spacial score (nSPS) is 13.0. The Labute approximate surface area is 187 Å². The van der Waals surface area contributed by atoms with Crippen molar-refractivity contribution in [2.75, 3.05) is 19.8 Å². The molecule has 0 radical (unpaired) electrons. The van der Waals surface area contributed by atoms with Crippen molar-refractivity contribution < 1.29 is 14.3 Å². The van der Waals surface area contributed by atoms with Crippen molar-refractivity contribution in [2.24, 2.45) is 0 Å². The van der Waals surface area contributed by atoms with Crippen molar-refractivity contribution in [3.8, 4) is 11.5 Å². The number of hydrogen-bond acceptors (Lipinski definition) is 3. The molecule has 0 atom stereocenters. The zero-order chi connectivity index (χ0) is 21.8. The van der Waals surface area contributed by atoms with Gasteiger partial charge < -0.3 is 19.4 Å². The minimum atomic E-state index is -0.103. The fourth-order valence-corrected chi connectivity index (χ4v) is 4.15.